The van der Waals surface area contributed by atoms with Crippen LogP contribution in [0.25, 0.3) is 0 Å². The van der Waals surface area contributed by atoms with Crippen molar-refractivity contribution < 1.29 is 13.2 Å². The molecule has 1 aliphatic rings. The van der Waals surface area contributed by atoms with Gasteiger partial charge in [0, 0.05) is 36.1 Å². The van der Waals surface area contributed by atoms with Crippen molar-refractivity contribution in [2.24, 2.45) is 0 Å². The minimum atomic E-state index is -3.11. The summed E-state index contributed by atoms with van der Waals surface area (Å²) in [5.74, 6) is 0.640. The van der Waals surface area contributed by atoms with Crippen molar-refractivity contribution in [1.29, 1.82) is 0 Å². The molecule has 2 rings (SSSR count). The maximum Gasteiger partial charge on any atom is 0.229 e. The second-order valence-corrected chi connectivity index (χ2v) is 7.64. The van der Waals surface area contributed by atoms with Crippen LogP contribution in [-0.4, -0.2) is 49.6 Å². The fraction of sp³-hybridized carbons (Fsp3) is 0.750. The summed E-state index contributed by atoms with van der Waals surface area (Å²) >= 11 is 1.36. The molecule has 0 amide bonds. The van der Waals surface area contributed by atoms with Gasteiger partial charge in [-0.3, -0.25) is 0 Å². The van der Waals surface area contributed by atoms with E-state index in [1.807, 2.05) is 12.3 Å². The number of nitrogens with zero attached hydrogens (tertiary/aromatic N) is 2. The van der Waals surface area contributed by atoms with Crippen LogP contribution in [0.5, 0.6) is 5.88 Å². The number of ether oxygens (including phenoxy) is 1. The molecule has 0 aromatic carbocycles. The molecule has 114 valence electrons. The van der Waals surface area contributed by atoms with E-state index in [0.717, 1.165) is 18.4 Å². The van der Waals surface area contributed by atoms with Crippen LogP contribution in [0.15, 0.2) is 5.38 Å². The van der Waals surface area contributed by atoms with Crippen LogP contribution < -0.4 is 10.1 Å². The van der Waals surface area contributed by atoms with Crippen LogP contribution >= 0.6 is 11.5 Å². The van der Waals surface area contributed by atoms with Crippen LogP contribution in [0, 0.1) is 0 Å². The first kappa shape index (κ1) is 15.7. The highest BCUT2D eigenvalue weighted by atomic mass is 32.2. The van der Waals surface area contributed by atoms with Crippen molar-refractivity contribution in [1.82, 2.24) is 14.0 Å². The van der Waals surface area contributed by atoms with E-state index in [-0.39, 0.29) is 12.1 Å². The van der Waals surface area contributed by atoms with Crippen molar-refractivity contribution >= 4 is 21.6 Å². The Bertz CT molecular complexity index is 544. The number of hydrogen-bond donors (Lipinski definition) is 1. The topological polar surface area (TPSA) is 71.5 Å². The molecule has 1 N–H and O–H groups in total. The lowest BCUT2D eigenvalue weighted by Crippen LogP contribution is -2.41. The highest BCUT2D eigenvalue weighted by Crippen LogP contribution is 2.26. The average molecular weight is 319 g/mol. The molecule has 1 aromatic rings. The SMILES string of the molecule is COc1nscc1C(C)NC[C@H]1CCCN1S(C)(=O)=O. The Morgan fingerprint density at radius 3 is 3.05 bits per heavy atom. The van der Waals surface area contributed by atoms with Gasteiger partial charge in [0.2, 0.25) is 15.9 Å². The van der Waals surface area contributed by atoms with Crippen LogP contribution in [0.4, 0.5) is 0 Å². The summed E-state index contributed by atoms with van der Waals surface area (Å²) in [6, 6.07) is 0.135. The predicted octanol–water partition coefficient (Wildman–Crippen LogP) is 1.23. The van der Waals surface area contributed by atoms with Gasteiger partial charge in [0.05, 0.1) is 13.4 Å². The lowest BCUT2D eigenvalue weighted by molar-refractivity contribution is 0.356. The van der Waals surface area contributed by atoms with E-state index < -0.39 is 10.0 Å². The van der Waals surface area contributed by atoms with Crippen molar-refractivity contribution in [2.45, 2.75) is 31.8 Å². The van der Waals surface area contributed by atoms with E-state index >= 15 is 0 Å². The molecule has 6 nitrogen and oxygen atoms in total. The Morgan fingerprint density at radius 2 is 2.40 bits per heavy atom. The van der Waals surface area contributed by atoms with E-state index in [2.05, 4.69) is 9.69 Å². The average Bonchev–Trinajstić information content (AvgIpc) is 3.03. The number of nitrogens with one attached hydrogen (secondary N) is 1. The molecule has 0 radical (unpaired) electrons. The molecule has 1 unspecified atom stereocenters. The Morgan fingerprint density at radius 1 is 1.65 bits per heavy atom. The van der Waals surface area contributed by atoms with Gasteiger partial charge in [-0.2, -0.15) is 8.68 Å². The standard InChI is InChI=1S/C12H21N3O3S2/c1-9(11-8-19-14-12(11)18-2)13-7-10-5-4-6-15(10)20(3,16)17/h8-10,13H,4-7H2,1-3H3/t9?,10-/m1/s1. The maximum atomic E-state index is 11.7. The zero-order valence-corrected chi connectivity index (χ0v) is 13.6. The van der Waals surface area contributed by atoms with Gasteiger partial charge in [-0.05, 0) is 31.3 Å². The Balaban J connectivity index is 1.95. The molecule has 8 heteroatoms. The third-order valence-corrected chi connectivity index (χ3v) is 5.59. The normalized spacial score (nSPS) is 22.1. The molecule has 1 aromatic heterocycles. The predicted molar refractivity (Wildman–Crippen MR) is 79.7 cm³/mol. The van der Waals surface area contributed by atoms with Gasteiger partial charge in [-0.1, -0.05) is 0 Å². The number of aromatic nitrogens is 1. The van der Waals surface area contributed by atoms with Gasteiger partial charge in [0.1, 0.15) is 0 Å². The maximum absolute atomic E-state index is 11.7. The Kier molecular flexibility index (Phi) is 5.00. The molecule has 1 aliphatic heterocycles. The van der Waals surface area contributed by atoms with Gasteiger partial charge in [-0.25, -0.2) is 8.42 Å². The minimum absolute atomic E-state index is 0.0463. The van der Waals surface area contributed by atoms with E-state index in [0.29, 0.717) is 19.0 Å². The lowest BCUT2D eigenvalue weighted by Gasteiger charge is -2.24. The molecule has 0 saturated carbocycles. The monoisotopic (exact) mass is 319 g/mol. The molecular formula is C12H21N3O3S2. The van der Waals surface area contributed by atoms with Crippen molar-refractivity contribution in [2.75, 3.05) is 26.5 Å². The van der Waals surface area contributed by atoms with E-state index in [1.165, 1.54) is 17.8 Å². The van der Waals surface area contributed by atoms with Crippen LogP contribution in [-0.2, 0) is 10.0 Å². The van der Waals surface area contributed by atoms with Crippen molar-refractivity contribution in [3.05, 3.63) is 10.9 Å². The summed E-state index contributed by atoms with van der Waals surface area (Å²) < 4.78 is 34.3. The fourth-order valence-electron chi connectivity index (χ4n) is 2.55. The second kappa shape index (κ2) is 6.38. The minimum Gasteiger partial charge on any atom is -0.480 e. The highest BCUT2D eigenvalue weighted by molar-refractivity contribution is 7.88. The fourth-order valence-corrected chi connectivity index (χ4v) is 4.48. The molecule has 2 heterocycles. The van der Waals surface area contributed by atoms with E-state index in [4.69, 9.17) is 4.74 Å². The summed E-state index contributed by atoms with van der Waals surface area (Å²) in [5.41, 5.74) is 1.02. The zero-order chi connectivity index (χ0) is 14.8. The summed E-state index contributed by atoms with van der Waals surface area (Å²) in [7, 11) is -1.50. The molecule has 0 aliphatic carbocycles. The van der Waals surface area contributed by atoms with Gasteiger partial charge < -0.3 is 10.1 Å². The molecule has 0 spiro atoms. The third kappa shape index (κ3) is 3.49. The molecular weight excluding hydrogens is 298 g/mol. The van der Waals surface area contributed by atoms with Gasteiger partial charge in [0.15, 0.2) is 0 Å². The first-order valence-electron chi connectivity index (χ1n) is 6.62. The summed E-state index contributed by atoms with van der Waals surface area (Å²) in [4.78, 5) is 0. The molecule has 1 fully saturated rings. The van der Waals surface area contributed by atoms with Crippen molar-refractivity contribution in [3.63, 3.8) is 0 Å². The highest BCUT2D eigenvalue weighted by Gasteiger charge is 2.31. The molecule has 1 saturated heterocycles. The smallest absolute Gasteiger partial charge is 0.229 e. The first-order chi connectivity index (χ1) is 9.43. The molecule has 20 heavy (non-hydrogen) atoms. The molecule has 0 bridgehead atoms. The van der Waals surface area contributed by atoms with E-state index in [1.54, 1.807) is 11.4 Å². The summed E-state index contributed by atoms with van der Waals surface area (Å²) in [6.45, 7) is 3.31. The quantitative estimate of drug-likeness (QED) is 0.854. The largest absolute Gasteiger partial charge is 0.480 e. The third-order valence-electron chi connectivity index (χ3n) is 3.63. The number of methoxy groups -OCH3 is 1. The van der Waals surface area contributed by atoms with Crippen LogP contribution in [0.3, 0.4) is 0 Å². The van der Waals surface area contributed by atoms with Gasteiger partial charge >= 0.3 is 0 Å². The zero-order valence-electron chi connectivity index (χ0n) is 12.0. The molecule has 2 atom stereocenters. The van der Waals surface area contributed by atoms with Gasteiger partial charge in [0.25, 0.3) is 0 Å². The second-order valence-electron chi connectivity index (χ2n) is 5.08. The summed E-state index contributed by atoms with van der Waals surface area (Å²) in [5, 5.41) is 5.34. The number of hydrogen-bond acceptors (Lipinski definition) is 6. The Labute approximate surface area is 124 Å². The number of rotatable bonds is 6. The van der Waals surface area contributed by atoms with Crippen LogP contribution in [0.2, 0.25) is 0 Å². The van der Waals surface area contributed by atoms with E-state index in [9.17, 15) is 8.42 Å². The van der Waals surface area contributed by atoms with Gasteiger partial charge in [-0.15, -0.1) is 0 Å². The lowest BCUT2D eigenvalue weighted by atomic mass is 10.1. The first-order valence-corrected chi connectivity index (χ1v) is 9.30. The Hall–Kier alpha value is -0.700. The van der Waals surface area contributed by atoms with Crippen molar-refractivity contribution in [3.8, 4) is 5.88 Å². The summed E-state index contributed by atoms with van der Waals surface area (Å²) in [6.07, 6.45) is 3.11. The van der Waals surface area contributed by atoms with Crippen LogP contribution in [0.1, 0.15) is 31.4 Å². The number of sulfonamides is 1.